The zero-order valence-corrected chi connectivity index (χ0v) is 31.2. The predicted molar refractivity (Wildman–Crippen MR) is 206 cm³/mol. The van der Waals surface area contributed by atoms with Crippen molar-refractivity contribution in [1.29, 1.82) is 0 Å². The molecule has 3 aromatic carbocycles. The van der Waals surface area contributed by atoms with Gasteiger partial charge in [0.05, 0.1) is 11.7 Å². The van der Waals surface area contributed by atoms with Crippen molar-refractivity contribution in [3.63, 3.8) is 0 Å². The fourth-order valence-corrected chi connectivity index (χ4v) is 7.07. The number of aromatic amines is 1. The first-order chi connectivity index (χ1) is 25.8. The number of amides is 5. The third kappa shape index (κ3) is 9.82. The Morgan fingerprint density at radius 2 is 1.70 bits per heavy atom. The minimum atomic E-state index is -0.839. The molecule has 2 heterocycles. The van der Waals surface area contributed by atoms with Gasteiger partial charge in [-0.15, -0.1) is 0 Å². The van der Waals surface area contributed by atoms with Crippen LogP contribution in [0.25, 0.3) is 22.0 Å². The molecule has 0 unspecified atom stereocenters. The highest BCUT2D eigenvalue weighted by Crippen LogP contribution is 2.30. The molecule has 13 nitrogen and oxygen atoms in total. The van der Waals surface area contributed by atoms with E-state index in [0.717, 1.165) is 46.0 Å². The summed E-state index contributed by atoms with van der Waals surface area (Å²) in [7, 11) is 0. The molecule has 1 saturated carbocycles. The van der Waals surface area contributed by atoms with Gasteiger partial charge in [0.2, 0.25) is 17.7 Å². The summed E-state index contributed by atoms with van der Waals surface area (Å²) in [6.07, 6.45) is 4.97. The summed E-state index contributed by atoms with van der Waals surface area (Å²) >= 11 is 0. The number of benzene rings is 3. The summed E-state index contributed by atoms with van der Waals surface area (Å²) in [5.74, 6) is -0.954. The second-order valence-corrected chi connectivity index (χ2v) is 15.4. The molecule has 6 rings (SSSR count). The molecule has 54 heavy (non-hydrogen) atoms. The van der Waals surface area contributed by atoms with Gasteiger partial charge in [-0.25, -0.2) is 4.79 Å². The number of nitrogens with zero attached hydrogens (tertiary/aromatic N) is 1. The van der Waals surface area contributed by atoms with Crippen LogP contribution in [0.2, 0.25) is 0 Å². The number of alkyl carbamates (subject to hydrolysis) is 1. The summed E-state index contributed by atoms with van der Waals surface area (Å²) in [6, 6.07) is 17.4. The lowest BCUT2D eigenvalue weighted by Gasteiger charge is -2.29. The number of aryl methyl sites for hydroxylation is 1. The maximum Gasteiger partial charge on any atom is 0.407 e. The largest absolute Gasteiger partial charge is 0.444 e. The normalized spacial score (nSPS) is 19.0. The molecule has 0 spiro atoms. The van der Waals surface area contributed by atoms with Crippen LogP contribution in [0.1, 0.15) is 74.4 Å². The number of carbonyl (C=O) groups is 5. The van der Waals surface area contributed by atoms with Gasteiger partial charge in [-0.1, -0.05) is 30.3 Å². The molecule has 2 fully saturated rings. The highest BCUT2D eigenvalue weighted by Gasteiger charge is 2.31. The van der Waals surface area contributed by atoms with Crippen LogP contribution < -0.4 is 26.6 Å². The van der Waals surface area contributed by atoms with Crippen LogP contribution in [0.15, 0.2) is 66.9 Å². The van der Waals surface area contributed by atoms with Crippen molar-refractivity contribution in [2.24, 2.45) is 11.8 Å². The lowest BCUT2D eigenvalue weighted by Crippen LogP contribution is -2.48. The van der Waals surface area contributed by atoms with E-state index < -0.39 is 23.8 Å². The van der Waals surface area contributed by atoms with Crippen molar-refractivity contribution >= 4 is 46.3 Å². The van der Waals surface area contributed by atoms with Crippen LogP contribution in [0.3, 0.4) is 0 Å². The van der Waals surface area contributed by atoms with Gasteiger partial charge in [-0.2, -0.15) is 5.10 Å². The van der Waals surface area contributed by atoms with Crippen molar-refractivity contribution in [2.45, 2.75) is 83.9 Å². The number of H-pyrrole nitrogens is 1. The summed E-state index contributed by atoms with van der Waals surface area (Å²) in [6.45, 7) is 8.45. The maximum absolute atomic E-state index is 13.8. The number of fused-ring (bicyclic) bond motifs is 1. The molecule has 0 bridgehead atoms. The van der Waals surface area contributed by atoms with E-state index in [1.165, 1.54) is 0 Å². The summed E-state index contributed by atoms with van der Waals surface area (Å²) in [5, 5.41) is 22.3. The van der Waals surface area contributed by atoms with Gasteiger partial charge in [0.15, 0.2) is 0 Å². The monoisotopic (exact) mass is 735 g/mol. The standard InChI is InChI=1S/C41H49N7O6/c1-24-19-29(37(50)46-33-17-18-42-38(33)51)14-16-32(24)27-9-5-25(6-10-27)20-35(39(52)45-31-15-13-30-23-44-48-34(30)21-31)47-36(49)28-11-7-26(8-12-28)22-43-40(53)54-41(2,3)4/h5-6,9-10,13-16,19,21,23,26,28,33,35H,7-8,11-12,17-18,20,22H2,1-4H3,(H,42,51)(H,43,53)(H,44,48)(H,45,52)(H,46,50)(H,47,49)/t26?,28?,33-,35+/m1/s1. The minimum absolute atomic E-state index is 0.164. The second kappa shape index (κ2) is 16.5. The van der Waals surface area contributed by atoms with Crippen LogP contribution in [0, 0.1) is 18.8 Å². The molecular weight excluding hydrogens is 686 g/mol. The molecule has 5 amide bonds. The molecule has 1 saturated heterocycles. The van der Waals surface area contributed by atoms with Gasteiger partial charge in [-0.3, -0.25) is 24.3 Å². The average molecular weight is 736 g/mol. The Labute approximate surface area is 314 Å². The molecule has 1 aliphatic heterocycles. The van der Waals surface area contributed by atoms with E-state index in [1.54, 1.807) is 18.3 Å². The highest BCUT2D eigenvalue weighted by atomic mass is 16.6. The predicted octanol–water partition coefficient (Wildman–Crippen LogP) is 5.15. The Balaban J connectivity index is 1.10. The fourth-order valence-electron chi connectivity index (χ4n) is 7.07. The van der Waals surface area contributed by atoms with Crippen molar-refractivity contribution < 1.29 is 28.7 Å². The van der Waals surface area contributed by atoms with E-state index in [9.17, 15) is 24.0 Å². The Kier molecular flexibility index (Phi) is 11.6. The first-order valence-electron chi connectivity index (χ1n) is 18.6. The lowest BCUT2D eigenvalue weighted by atomic mass is 9.81. The third-order valence-corrected chi connectivity index (χ3v) is 10.0. The van der Waals surface area contributed by atoms with Crippen LogP contribution in [-0.2, 0) is 25.5 Å². The Morgan fingerprint density at radius 1 is 0.944 bits per heavy atom. The van der Waals surface area contributed by atoms with E-state index in [2.05, 4.69) is 36.8 Å². The van der Waals surface area contributed by atoms with Gasteiger partial charge in [0, 0.05) is 42.1 Å². The molecule has 1 aromatic heterocycles. The van der Waals surface area contributed by atoms with Gasteiger partial charge in [0.1, 0.15) is 17.7 Å². The van der Waals surface area contributed by atoms with Crippen LogP contribution >= 0.6 is 0 Å². The van der Waals surface area contributed by atoms with E-state index in [0.29, 0.717) is 43.6 Å². The van der Waals surface area contributed by atoms with Crippen LogP contribution in [0.4, 0.5) is 10.5 Å². The van der Waals surface area contributed by atoms with Crippen molar-refractivity contribution in [3.05, 3.63) is 83.6 Å². The van der Waals surface area contributed by atoms with E-state index >= 15 is 0 Å². The second-order valence-electron chi connectivity index (χ2n) is 15.4. The molecular formula is C41H49N7O6. The maximum atomic E-state index is 13.8. The lowest BCUT2D eigenvalue weighted by molar-refractivity contribution is -0.130. The molecule has 284 valence electrons. The molecule has 2 aliphatic rings. The first kappa shape index (κ1) is 38.0. The van der Waals surface area contributed by atoms with Crippen molar-refractivity contribution in [3.8, 4) is 11.1 Å². The number of aromatic nitrogens is 2. The quantitative estimate of drug-likeness (QED) is 0.123. The molecule has 2 atom stereocenters. The summed E-state index contributed by atoms with van der Waals surface area (Å²) in [5.41, 5.74) is 4.94. The number of ether oxygens (including phenoxy) is 1. The van der Waals surface area contributed by atoms with Crippen molar-refractivity contribution in [1.82, 2.24) is 31.5 Å². The van der Waals surface area contributed by atoms with Gasteiger partial charge in [-0.05, 0) is 118 Å². The van der Waals surface area contributed by atoms with E-state index in [1.807, 2.05) is 76.2 Å². The molecule has 0 radical (unpaired) electrons. The van der Waals surface area contributed by atoms with Crippen molar-refractivity contribution in [2.75, 3.05) is 18.4 Å². The fraction of sp³-hybridized carbons (Fsp3) is 0.415. The van der Waals surface area contributed by atoms with Gasteiger partial charge < -0.3 is 31.3 Å². The summed E-state index contributed by atoms with van der Waals surface area (Å²) in [4.78, 5) is 64.3. The minimum Gasteiger partial charge on any atom is -0.444 e. The number of hydrogen-bond acceptors (Lipinski definition) is 7. The number of nitrogens with one attached hydrogen (secondary N) is 6. The molecule has 4 aromatic rings. The number of anilines is 1. The Bertz CT molecular complexity index is 2010. The zero-order chi connectivity index (χ0) is 38.4. The van der Waals surface area contributed by atoms with Gasteiger partial charge in [0.25, 0.3) is 5.91 Å². The SMILES string of the molecule is Cc1cc(C(=O)N[C@@H]2CCNC2=O)ccc1-c1ccc(C[C@H](NC(=O)C2CCC(CNC(=O)OC(C)(C)C)CC2)C(=O)Nc2ccc3cn[nH]c3c2)cc1. The highest BCUT2D eigenvalue weighted by molar-refractivity contribution is 6.00. The third-order valence-electron chi connectivity index (χ3n) is 10.0. The number of carbonyl (C=O) groups excluding carboxylic acids is 5. The van der Waals surface area contributed by atoms with Crippen LogP contribution in [-0.4, -0.2) is 70.7 Å². The smallest absolute Gasteiger partial charge is 0.407 e. The molecule has 6 N–H and O–H groups in total. The molecule has 1 aliphatic carbocycles. The van der Waals surface area contributed by atoms with Crippen LogP contribution in [0.5, 0.6) is 0 Å². The topological polar surface area (TPSA) is 183 Å². The van der Waals surface area contributed by atoms with Gasteiger partial charge >= 0.3 is 6.09 Å². The Hall–Kier alpha value is -5.72. The molecule has 13 heteroatoms. The number of rotatable bonds is 11. The summed E-state index contributed by atoms with van der Waals surface area (Å²) < 4.78 is 5.35. The first-order valence-corrected chi connectivity index (χ1v) is 18.6. The zero-order valence-electron chi connectivity index (χ0n) is 31.2. The van der Waals surface area contributed by atoms with E-state index in [-0.39, 0.29) is 41.9 Å². The Morgan fingerprint density at radius 3 is 2.39 bits per heavy atom. The number of hydrogen-bond donors (Lipinski definition) is 6. The van der Waals surface area contributed by atoms with E-state index in [4.69, 9.17) is 4.74 Å². The average Bonchev–Trinajstić information content (AvgIpc) is 3.78.